The monoisotopic (exact) mass is 319 g/mol. The number of hydrogen-bond donors (Lipinski definition) is 0. The van der Waals surface area contributed by atoms with Crippen LogP contribution >= 0.6 is 11.6 Å². The maximum Gasteiger partial charge on any atom is 0.257 e. The summed E-state index contributed by atoms with van der Waals surface area (Å²) in [5, 5.41) is 6.59. The molecule has 2 aliphatic rings. The zero-order valence-electron chi connectivity index (χ0n) is 13.1. The molecule has 0 N–H and O–H groups in total. The maximum absolute atomic E-state index is 12.7. The average Bonchev–Trinajstić information content (AvgIpc) is 2.77. The number of likely N-dealkylation sites (tertiary alicyclic amines) is 1. The molecule has 0 aliphatic carbocycles. The van der Waals surface area contributed by atoms with Crippen LogP contribution in [0.2, 0.25) is 5.02 Å². The molecule has 2 heterocycles. The molecule has 1 saturated heterocycles. The second kappa shape index (κ2) is 6.39. The molecule has 1 aromatic rings. The van der Waals surface area contributed by atoms with E-state index >= 15 is 0 Å². The summed E-state index contributed by atoms with van der Waals surface area (Å²) >= 11 is 6.02. The minimum Gasteiger partial charge on any atom is -0.299 e. The van der Waals surface area contributed by atoms with Gasteiger partial charge >= 0.3 is 0 Å². The summed E-state index contributed by atoms with van der Waals surface area (Å²) in [7, 11) is 0. The van der Waals surface area contributed by atoms with Crippen LogP contribution in [-0.2, 0) is 4.79 Å². The summed E-state index contributed by atoms with van der Waals surface area (Å²) in [4.78, 5) is 15.2. The standard InChI is InChI=1S/C17H22ClN3O/c1-12-6-3-4-9-20(12)11-16-13(2)19-21(17(16)22)15-8-5-7-14(18)10-15/h5,7-8,10,12,16H,3-4,6,9,11H2,1-2H3/t12-,16-/m1/s1. The molecule has 1 amide bonds. The summed E-state index contributed by atoms with van der Waals surface area (Å²) < 4.78 is 0. The SMILES string of the molecule is CC1=NN(c2cccc(Cl)c2)C(=O)[C@@H]1CN1CCCC[C@H]1C. The van der Waals surface area contributed by atoms with Gasteiger partial charge in [-0.15, -0.1) is 0 Å². The molecule has 0 bridgehead atoms. The van der Waals surface area contributed by atoms with Crippen molar-refractivity contribution >= 4 is 28.9 Å². The second-order valence-electron chi connectivity index (χ2n) is 6.26. The molecule has 0 spiro atoms. The molecule has 3 rings (SSSR count). The van der Waals surface area contributed by atoms with E-state index in [0.717, 1.165) is 24.5 Å². The number of piperidine rings is 1. The van der Waals surface area contributed by atoms with E-state index in [1.165, 1.54) is 24.3 Å². The van der Waals surface area contributed by atoms with E-state index in [9.17, 15) is 4.79 Å². The van der Waals surface area contributed by atoms with Gasteiger partial charge in [-0.3, -0.25) is 9.69 Å². The Balaban J connectivity index is 1.75. The van der Waals surface area contributed by atoms with Gasteiger partial charge in [0.15, 0.2) is 0 Å². The number of halogens is 1. The van der Waals surface area contributed by atoms with Crippen molar-refractivity contribution in [3.05, 3.63) is 29.3 Å². The zero-order chi connectivity index (χ0) is 15.7. The lowest BCUT2D eigenvalue weighted by molar-refractivity contribution is -0.120. The van der Waals surface area contributed by atoms with Gasteiger partial charge in [-0.1, -0.05) is 24.1 Å². The molecule has 0 saturated carbocycles. The van der Waals surface area contributed by atoms with Crippen molar-refractivity contribution < 1.29 is 4.79 Å². The highest BCUT2D eigenvalue weighted by atomic mass is 35.5. The highest BCUT2D eigenvalue weighted by molar-refractivity contribution is 6.31. The van der Waals surface area contributed by atoms with Crippen LogP contribution in [0, 0.1) is 5.92 Å². The molecule has 1 fully saturated rings. The van der Waals surface area contributed by atoms with E-state index in [4.69, 9.17) is 11.6 Å². The number of hydrazone groups is 1. The molecule has 118 valence electrons. The lowest BCUT2D eigenvalue weighted by Gasteiger charge is -2.34. The third-order valence-corrected chi connectivity index (χ3v) is 4.91. The van der Waals surface area contributed by atoms with Crippen molar-refractivity contribution in [2.75, 3.05) is 18.1 Å². The number of carbonyl (C=O) groups excluding carboxylic acids is 1. The molecular formula is C17H22ClN3O. The van der Waals surface area contributed by atoms with Crippen LogP contribution in [0.4, 0.5) is 5.69 Å². The van der Waals surface area contributed by atoms with Gasteiger partial charge in [0.2, 0.25) is 0 Å². The minimum atomic E-state index is -0.139. The number of hydrogen-bond acceptors (Lipinski definition) is 3. The Morgan fingerprint density at radius 1 is 1.36 bits per heavy atom. The Labute approximate surface area is 136 Å². The summed E-state index contributed by atoms with van der Waals surface area (Å²) in [6.07, 6.45) is 3.73. The molecule has 4 nitrogen and oxygen atoms in total. The van der Waals surface area contributed by atoms with E-state index in [2.05, 4.69) is 16.9 Å². The van der Waals surface area contributed by atoms with Gasteiger partial charge in [-0.2, -0.15) is 5.10 Å². The number of amides is 1. The largest absolute Gasteiger partial charge is 0.299 e. The van der Waals surface area contributed by atoms with Crippen molar-refractivity contribution in [2.45, 2.75) is 39.2 Å². The first-order valence-corrected chi connectivity index (χ1v) is 8.33. The van der Waals surface area contributed by atoms with Gasteiger partial charge in [-0.05, 0) is 51.4 Å². The summed E-state index contributed by atoms with van der Waals surface area (Å²) in [6, 6.07) is 7.84. The fraction of sp³-hybridized carbons (Fsp3) is 0.529. The van der Waals surface area contributed by atoms with Crippen molar-refractivity contribution in [2.24, 2.45) is 11.0 Å². The molecule has 5 heteroatoms. The first kappa shape index (κ1) is 15.5. The zero-order valence-corrected chi connectivity index (χ0v) is 13.9. The van der Waals surface area contributed by atoms with Gasteiger partial charge in [0.1, 0.15) is 0 Å². The molecule has 2 atom stereocenters. The smallest absolute Gasteiger partial charge is 0.257 e. The molecule has 0 radical (unpaired) electrons. The van der Waals surface area contributed by atoms with Gasteiger partial charge in [-0.25, -0.2) is 5.01 Å². The van der Waals surface area contributed by atoms with Gasteiger partial charge in [0.25, 0.3) is 5.91 Å². The first-order valence-electron chi connectivity index (χ1n) is 7.95. The Bertz CT molecular complexity index is 601. The van der Waals surface area contributed by atoms with E-state index in [1.807, 2.05) is 19.1 Å². The molecule has 0 aromatic heterocycles. The third-order valence-electron chi connectivity index (χ3n) is 4.68. The van der Waals surface area contributed by atoms with Crippen LogP contribution in [-0.4, -0.2) is 35.7 Å². The van der Waals surface area contributed by atoms with E-state index < -0.39 is 0 Å². The van der Waals surface area contributed by atoms with Crippen molar-refractivity contribution in [3.8, 4) is 0 Å². The lowest BCUT2D eigenvalue weighted by Crippen LogP contribution is -2.44. The van der Waals surface area contributed by atoms with Crippen LogP contribution in [0.1, 0.15) is 33.1 Å². The fourth-order valence-electron chi connectivity index (χ4n) is 3.27. The van der Waals surface area contributed by atoms with Crippen LogP contribution in [0.15, 0.2) is 29.4 Å². The minimum absolute atomic E-state index is 0.0533. The summed E-state index contributed by atoms with van der Waals surface area (Å²) in [5.41, 5.74) is 1.63. The van der Waals surface area contributed by atoms with Crippen molar-refractivity contribution in [3.63, 3.8) is 0 Å². The lowest BCUT2D eigenvalue weighted by atomic mass is 9.98. The Hall–Kier alpha value is -1.39. The average molecular weight is 320 g/mol. The van der Waals surface area contributed by atoms with Crippen LogP contribution in [0.3, 0.4) is 0 Å². The molecule has 2 aliphatic heterocycles. The molecular weight excluding hydrogens is 298 g/mol. The number of rotatable bonds is 3. The third kappa shape index (κ3) is 3.03. The van der Waals surface area contributed by atoms with E-state index in [1.54, 1.807) is 12.1 Å². The fourth-order valence-corrected chi connectivity index (χ4v) is 3.45. The van der Waals surface area contributed by atoms with Gasteiger partial charge < -0.3 is 0 Å². The number of nitrogens with zero attached hydrogens (tertiary/aromatic N) is 3. The quantitative estimate of drug-likeness (QED) is 0.854. The van der Waals surface area contributed by atoms with E-state index in [0.29, 0.717) is 11.1 Å². The Morgan fingerprint density at radius 2 is 2.18 bits per heavy atom. The summed E-state index contributed by atoms with van der Waals surface area (Å²) in [6.45, 7) is 6.04. The van der Waals surface area contributed by atoms with Crippen molar-refractivity contribution in [1.29, 1.82) is 0 Å². The topological polar surface area (TPSA) is 35.9 Å². The first-order chi connectivity index (χ1) is 10.6. The predicted molar refractivity (Wildman–Crippen MR) is 90.4 cm³/mol. The molecule has 1 aromatic carbocycles. The van der Waals surface area contributed by atoms with Crippen molar-refractivity contribution in [1.82, 2.24) is 4.90 Å². The Kier molecular flexibility index (Phi) is 4.50. The predicted octanol–water partition coefficient (Wildman–Crippen LogP) is 3.55. The van der Waals surface area contributed by atoms with Crippen LogP contribution < -0.4 is 5.01 Å². The van der Waals surface area contributed by atoms with Gasteiger partial charge in [0.05, 0.1) is 11.6 Å². The number of anilines is 1. The molecule has 22 heavy (non-hydrogen) atoms. The molecule has 0 unspecified atom stereocenters. The second-order valence-corrected chi connectivity index (χ2v) is 6.70. The Morgan fingerprint density at radius 3 is 2.91 bits per heavy atom. The van der Waals surface area contributed by atoms with Gasteiger partial charge in [0, 0.05) is 23.3 Å². The highest BCUT2D eigenvalue weighted by Crippen LogP contribution is 2.28. The summed E-state index contributed by atoms with van der Waals surface area (Å²) in [5.74, 6) is -0.0860. The normalized spacial score (nSPS) is 26.4. The van der Waals surface area contributed by atoms with Crippen LogP contribution in [0.25, 0.3) is 0 Å². The van der Waals surface area contributed by atoms with Crippen LogP contribution in [0.5, 0.6) is 0 Å². The van der Waals surface area contributed by atoms with E-state index in [-0.39, 0.29) is 11.8 Å². The number of benzene rings is 1. The highest BCUT2D eigenvalue weighted by Gasteiger charge is 2.36. The maximum atomic E-state index is 12.7. The number of carbonyl (C=O) groups is 1.